The van der Waals surface area contributed by atoms with E-state index in [1.807, 2.05) is 35.7 Å². The second-order valence-corrected chi connectivity index (χ2v) is 6.98. The molecule has 0 fully saturated rings. The summed E-state index contributed by atoms with van der Waals surface area (Å²) in [5, 5.41) is 6.34. The summed E-state index contributed by atoms with van der Waals surface area (Å²) in [6.07, 6.45) is 0.163. The van der Waals surface area contributed by atoms with E-state index in [2.05, 4.69) is 5.32 Å². The van der Waals surface area contributed by atoms with Crippen LogP contribution in [0.1, 0.15) is 29.3 Å². The minimum Gasteiger partial charge on any atom is -0.469 e. The lowest BCUT2D eigenvalue weighted by molar-refractivity contribution is -0.146. The van der Waals surface area contributed by atoms with Crippen molar-refractivity contribution in [2.24, 2.45) is 5.92 Å². The molecule has 0 aliphatic heterocycles. The van der Waals surface area contributed by atoms with E-state index in [4.69, 9.17) is 4.74 Å². The van der Waals surface area contributed by atoms with Crippen LogP contribution in [0.5, 0.6) is 0 Å². The zero-order valence-corrected chi connectivity index (χ0v) is 16.3. The van der Waals surface area contributed by atoms with E-state index in [1.165, 1.54) is 18.4 Å². The number of thiophene rings is 1. The lowest BCUT2D eigenvalue weighted by Gasteiger charge is -2.25. The van der Waals surface area contributed by atoms with Crippen LogP contribution in [-0.2, 0) is 20.9 Å². The molecule has 1 unspecified atom stereocenters. The molecule has 0 bridgehead atoms. The van der Waals surface area contributed by atoms with Crippen LogP contribution in [0.25, 0.3) is 0 Å². The maximum absolute atomic E-state index is 12.7. The fourth-order valence-corrected chi connectivity index (χ4v) is 3.24. The van der Waals surface area contributed by atoms with Gasteiger partial charge in [0.15, 0.2) is 0 Å². The van der Waals surface area contributed by atoms with Crippen molar-refractivity contribution in [3.05, 3.63) is 58.3 Å². The number of carbonyl (C=O) groups is 3. The summed E-state index contributed by atoms with van der Waals surface area (Å²) in [4.78, 5) is 38.0. The lowest BCUT2D eigenvalue weighted by atomic mass is 10.1. The number of nitrogens with zero attached hydrogens (tertiary/aromatic N) is 1. The van der Waals surface area contributed by atoms with Gasteiger partial charge in [-0.25, -0.2) is 0 Å². The van der Waals surface area contributed by atoms with Crippen LogP contribution in [0.3, 0.4) is 0 Å². The number of benzene rings is 1. The van der Waals surface area contributed by atoms with Crippen molar-refractivity contribution in [3.8, 4) is 0 Å². The Bertz CT molecular complexity index is 747. The largest absolute Gasteiger partial charge is 0.469 e. The average Bonchev–Trinajstić information content (AvgIpc) is 3.22. The van der Waals surface area contributed by atoms with Gasteiger partial charge in [-0.3, -0.25) is 14.4 Å². The Morgan fingerprint density at radius 1 is 1.19 bits per heavy atom. The number of amides is 2. The number of carbonyl (C=O) groups excluding carboxylic acids is 3. The van der Waals surface area contributed by atoms with Crippen LogP contribution in [0, 0.1) is 5.92 Å². The molecule has 0 spiro atoms. The average molecular weight is 388 g/mol. The molecule has 2 amide bonds. The number of esters is 1. The normalized spacial score (nSPS) is 11.5. The van der Waals surface area contributed by atoms with Gasteiger partial charge >= 0.3 is 5.97 Å². The molecule has 7 heteroatoms. The number of hydrogen-bond acceptors (Lipinski definition) is 5. The standard InChI is InChI=1S/C20H24N2O4S/c1-15(20(25)26-2)12-22(13-16-6-4-3-5-7-16)18(23)8-10-21-19(24)17-9-11-27-14-17/h3-7,9,11,14-15H,8,10,12-13H2,1-2H3,(H,21,24). The maximum Gasteiger partial charge on any atom is 0.310 e. The molecule has 2 rings (SSSR count). The molecule has 1 atom stereocenters. The first-order valence-corrected chi connectivity index (χ1v) is 9.65. The van der Waals surface area contributed by atoms with Crippen molar-refractivity contribution >= 4 is 29.1 Å². The SMILES string of the molecule is COC(=O)C(C)CN(Cc1ccccc1)C(=O)CCNC(=O)c1ccsc1. The first-order valence-electron chi connectivity index (χ1n) is 8.71. The van der Waals surface area contributed by atoms with Crippen molar-refractivity contribution in [1.82, 2.24) is 10.2 Å². The van der Waals surface area contributed by atoms with Crippen molar-refractivity contribution in [2.75, 3.05) is 20.2 Å². The van der Waals surface area contributed by atoms with Gasteiger partial charge in [-0.15, -0.1) is 0 Å². The Morgan fingerprint density at radius 3 is 2.56 bits per heavy atom. The van der Waals surface area contributed by atoms with Gasteiger partial charge in [-0.2, -0.15) is 11.3 Å². The molecule has 2 aromatic rings. The highest BCUT2D eigenvalue weighted by atomic mass is 32.1. The second-order valence-electron chi connectivity index (χ2n) is 6.20. The molecule has 27 heavy (non-hydrogen) atoms. The second kappa shape index (κ2) is 10.5. The zero-order valence-electron chi connectivity index (χ0n) is 15.5. The number of rotatable bonds is 9. The number of methoxy groups -OCH3 is 1. The van der Waals surface area contributed by atoms with Crippen molar-refractivity contribution in [1.29, 1.82) is 0 Å². The zero-order chi connectivity index (χ0) is 19.6. The topological polar surface area (TPSA) is 75.7 Å². The lowest BCUT2D eigenvalue weighted by Crippen LogP contribution is -2.38. The minimum absolute atomic E-state index is 0.125. The van der Waals surface area contributed by atoms with Gasteiger partial charge in [0.2, 0.25) is 5.91 Å². The van der Waals surface area contributed by atoms with E-state index in [0.29, 0.717) is 12.1 Å². The molecular weight excluding hydrogens is 364 g/mol. The van der Waals surface area contributed by atoms with Crippen LogP contribution in [-0.4, -0.2) is 42.9 Å². The van der Waals surface area contributed by atoms with Crippen molar-refractivity contribution < 1.29 is 19.1 Å². The van der Waals surface area contributed by atoms with Gasteiger partial charge in [-0.1, -0.05) is 37.3 Å². The number of nitrogens with one attached hydrogen (secondary N) is 1. The molecule has 1 aromatic heterocycles. The molecule has 6 nitrogen and oxygen atoms in total. The Kier molecular flexibility index (Phi) is 8.00. The minimum atomic E-state index is -0.428. The molecule has 0 radical (unpaired) electrons. The van der Waals surface area contributed by atoms with Gasteiger partial charge in [0.05, 0.1) is 13.0 Å². The summed E-state index contributed by atoms with van der Waals surface area (Å²) < 4.78 is 4.76. The first kappa shape index (κ1) is 20.6. The van der Waals surface area contributed by atoms with Gasteiger partial charge in [0.25, 0.3) is 5.91 Å². The van der Waals surface area contributed by atoms with E-state index in [0.717, 1.165) is 5.56 Å². The van der Waals surface area contributed by atoms with Gasteiger partial charge in [0.1, 0.15) is 0 Å². The van der Waals surface area contributed by atoms with E-state index in [1.54, 1.807) is 23.3 Å². The highest BCUT2D eigenvalue weighted by Crippen LogP contribution is 2.11. The summed E-state index contributed by atoms with van der Waals surface area (Å²) in [5.74, 6) is -1.10. The summed E-state index contributed by atoms with van der Waals surface area (Å²) in [5.41, 5.74) is 1.57. The van der Waals surface area contributed by atoms with Crippen LogP contribution >= 0.6 is 11.3 Å². The Morgan fingerprint density at radius 2 is 1.93 bits per heavy atom. The number of ether oxygens (including phenoxy) is 1. The molecule has 1 N–H and O–H groups in total. The van der Waals surface area contributed by atoms with Crippen LogP contribution in [0.2, 0.25) is 0 Å². The molecular formula is C20H24N2O4S. The van der Waals surface area contributed by atoms with Crippen molar-refractivity contribution in [2.45, 2.75) is 19.9 Å². The predicted molar refractivity (Wildman–Crippen MR) is 104 cm³/mol. The Labute approximate surface area is 163 Å². The van der Waals surface area contributed by atoms with Crippen LogP contribution in [0.4, 0.5) is 0 Å². The highest BCUT2D eigenvalue weighted by Gasteiger charge is 2.21. The Balaban J connectivity index is 1.94. The summed E-state index contributed by atoms with van der Waals surface area (Å²) in [7, 11) is 1.34. The van der Waals surface area contributed by atoms with Gasteiger partial charge in [0, 0.05) is 37.0 Å². The van der Waals surface area contributed by atoms with Gasteiger partial charge in [-0.05, 0) is 17.0 Å². The molecule has 1 heterocycles. The quantitative estimate of drug-likeness (QED) is 0.670. The molecule has 144 valence electrons. The summed E-state index contributed by atoms with van der Waals surface area (Å²) in [6, 6.07) is 11.3. The molecule has 0 saturated carbocycles. The molecule has 1 aromatic carbocycles. The summed E-state index contributed by atoms with van der Waals surface area (Å²) in [6.45, 7) is 2.64. The monoisotopic (exact) mass is 388 g/mol. The van der Waals surface area contributed by atoms with E-state index < -0.39 is 5.92 Å². The van der Waals surface area contributed by atoms with E-state index in [9.17, 15) is 14.4 Å². The van der Waals surface area contributed by atoms with E-state index >= 15 is 0 Å². The predicted octanol–water partition coefficient (Wildman–Crippen LogP) is 2.71. The van der Waals surface area contributed by atoms with E-state index in [-0.39, 0.29) is 37.3 Å². The first-order chi connectivity index (χ1) is 13.0. The molecule has 0 aliphatic rings. The Hall–Kier alpha value is -2.67. The molecule has 0 saturated heterocycles. The van der Waals surface area contributed by atoms with Crippen LogP contribution in [0.15, 0.2) is 47.2 Å². The highest BCUT2D eigenvalue weighted by molar-refractivity contribution is 7.08. The maximum atomic E-state index is 12.7. The van der Waals surface area contributed by atoms with Crippen LogP contribution < -0.4 is 5.32 Å². The fourth-order valence-electron chi connectivity index (χ4n) is 2.60. The van der Waals surface area contributed by atoms with Gasteiger partial charge < -0.3 is 15.0 Å². The smallest absolute Gasteiger partial charge is 0.310 e. The summed E-state index contributed by atoms with van der Waals surface area (Å²) >= 11 is 1.45. The van der Waals surface area contributed by atoms with Crippen molar-refractivity contribution in [3.63, 3.8) is 0 Å². The molecule has 0 aliphatic carbocycles. The third-order valence-corrected chi connectivity index (χ3v) is 4.76. The third-order valence-electron chi connectivity index (χ3n) is 4.07. The number of hydrogen-bond donors (Lipinski definition) is 1. The fraction of sp³-hybridized carbons (Fsp3) is 0.350. The third kappa shape index (κ3) is 6.53.